The predicted molar refractivity (Wildman–Crippen MR) is 142 cm³/mol. The molecule has 0 bridgehead atoms. The Morgan fingerprint density at radius 1 is 1.00 bits per heavy atom. The molecule has 0 aliphatic carbocycles. The van der Waals surface area contributed by atoms with Crippen LogP contribution < -0.4 is 9.47 Å². The van der Waals surface area contributed by atoms with Crippen LogP contribution in [0.2, 0.25) is 0 Å². The number of thioether (sulfide) groups is 1. The maximum Gasteiger partial charge on any atom is 0.293 e. The van der Waals surface area contributed by atoms with Gasteiger partial charge in [0.05, 0.1) is 23.0 Å². The van der Waals surface area contributed by atoms with Crippen molar-refractivity contribution in [3.63, 3.8) is 0 Å². The first-order valence-corrected chi connectivity index (χ1v) is 12.8. The molecule has 0 spiro atoms. The number of amides is 2. The highest BCUT2D eigenvalue weighted by molar-refractivity contribution is 9.10. The third kappa shape index (κ3) is 5.74. The molecule has 3 aromatic rings. The molecule has 3 aromatic carbocycles. The average molecular weight is 603 g/mol. The number of nitrogens with zero attached hydrogens (tertiary/aromatic N) is 1. The lowest BCUT2D eigenvalue weighted by atomic mass is 10.1. The highest BCUT2D eigenvalue weighted by atomic mass is 79.9. The number of carbonyl (C=O) groups excluding carboxylic acids is 2. The van der Waals surface area contributed by atoms with Crippen molar-refractivity contribution in [2.45, 2.75) is 20.1 Å². The van der Waals surface area contributed by atoms with E-state index in [1.165, 1.54) is 4.90 Å². The van der Waals surface area contributed by atoms with E-state index in [0.29, 0.717) is 27.5 Å². The molecule has 2 amide bonds. The summed E-state index contributed by atoms with van der Waals surface area (Å²) >= 11 is 7.92. The lowest BCUT2D eigenvalue weighted by Gasteiger charge is -2.14. The summed E-state index contributed by atoms with van der Waals surface area (Å²) in [4.78, 5) is 27.1. The largest absolute Gasteiger partial charge is 0.493 e. The maximum absolute atomic E-state index is 12.9. The van der Waals surface area contributed by atoms with Gasteiger partial charge in [-0.1, -0.05) is 57.9 Å². The summed E-state index contributed by atoms with van der Waals surface area (Å²) in [5, 5.41) is -0.279. The number of methoxy groups -OCH3 is 1. The molecule has 0 unspecified atom stereocenters. The Hall–Kier alpha value is -2.55. The molecule has 1 aliphatic rings. The molecular weight excluding hydrogens is 582 g/mol. The zero-order valence-corrected chi connectivity index (χ0v) is 22.5. The van der Waals surface area contributed by atoms with Gasteiger partial charge in [-0.15, -0.1) is 0 Å². The second-order valence-electron chi connectivity index (χ2n) is 7.71. The number of hydrogen-bond acceptors (Lipinski definition) is 5. The third-order valence-electron chi connectivity index (χ3n) is 5.14. The lowest BCUT2D eigenvalue weighted by Crippen LogP contribution is -2.27. The van der Waals surface area contributed by atoms with Crippen LogP contribution in [0.3, 0.4) is 0 Å². The van der Waals surface area contributed by atoms with E-state index in [9.17, 15) is 9.59 Å². The van der Waals surface area contributed by atoms with Crippen molar-refractivity contribution in [1.82, 2.24) is 4.90 Å². The van der Waals surface area contributed by atoms with Gasteiger partial charge in [0.25, 0.3) is 11.1 Å². The molecule has 1 heterocycles. The number of hydrogen-bond donors (Lipinski definition) is 0. The zero-order valence-electron chi connectivity index (χ0n) is 18.5. The zero-order chi connectivity index (χ0) is 24.2. The van der Waals surface area contributed by atoms with Crippen LogP contribution in [0.25, 0.3) is 6.08 Å². The van der Waals surface area contributed by atoms with Crippen molar-refractivity contribution in [2.24, 2.45) is 0 Å². The average Bonchev–Trinajstić information content (AvgIpc) is 3.06. The Morgan fingerprint density at radius 2 is 1.76 bits per heavy atom. The first kappa shape index (κ1) is 24.6. The van der Waals surface area contributed by atoms with Crippen molar-refractivity contribution in [1.29, 1.82) is 0 Å². The highest BCUT2D eigenvalue weighted by Gasteiger charge is 2.35. The summed E-state index contributed by atoms with van der Waals surface area (Å²) in [5.41, 5.74) is 3.74. The van der Waals surface area contributed by atoms with E-state index in [0.717, 1.165) is 38.5 Å². The number of carbonyl (C=O) groups is 2. The van der Waals surface area contributed by atoms with Gasteiger partial charge >= 0.3 is 0 Å². The van der Waals surface area contributed by atoms with Gasteiger partial charge in [-0.3, -0.25) is 14.5 Å². The summed E-state index contributed by atoms with van der Waals surface area (Å²) in [6, 6.07) is 19.3. The Bertz CT molecular complexity index is 1270. The summed E-state index contributed by atoms with van der Waals surface area (Å²) in [6.07, 6.45) is 1.70. The summed E-state index contributed by atoms with van der Waals surface area (Å²) < 4.78 is 13.2. The monoisotopic (exact) mass is 601 g/mol. The standard InChI is InChI=1S/C26H21Br2NO4S/c1-16-4-3-5-18(10-16)14-29-25(30)23(34-26(29)31)13-19-11-21(28)24(22(12-19)32-2)33-15-17-6-8-20(27)9-7-17/h3-13H,14-15H2,1-2H3/b23-13+. The molecular formula is C26H21Br2NO4S. The molecule has 0 radical (unpaired) electrons. The number of aryl methyl sites for hydroxylation is 1. The van der Waals surface area contributed by atoms with E-state index >= 15 is 0 Å². The SMILES string of the molecule is COc1cc(/C=C2/SC(=O)N(Cc3cccc(C)c3)C2=O)cc(Br)c1OCc1ccc(Br)cc1. The molecule has 0 atom stereocenters. The number of rotatable bonds is 7. The van der Waals surface area contributed by atoms with Gasteiger partial charge in [0, 0.05) is 4.47 Å². The predicted octanol–water partition coefficient (Wildman–Crippen LogP) is 7.34. The van der Waals surface area contributed by atoms with E-state index < -0.39 is 0 Å². The van der Waals surface area contributed by atoms with Crippen LogP contribution in [-0.2, 0) is 17.9 Å². The molecule has 8 heteroatoms. The summed E-state index contributed by atoms with van der Waals surface area (Å²) in [7, 11) is 1.56. The van der Waals surface area contributed by atoms with Crippen molar-refractivity contribution in [2.75, 3.05) is 7.11 Å². The van der Waals surface area contributed by atoms with Crippen LogP contribution >= 0.6 is 43.6 Å². The molecule has 34 heavy (non-hydrogen) atoms. The van der Waals surface area contributed by atoms with Crippen LogP contribution in [-0.4, -0.2) is 23.2 Å². The van der Waals surface area contributed by atoms with Crippen LogP contribution in [0, 0.1) is 6.92 Å². The minimum absolute atomic E-state index is 0.250. The normalized spacial score (nSPS) is 14.7. The van der Waals surface area contributed by atoms with Gasteiger partial charge in [-0.25, -0.2) is 0 Å². The van der Waals surface area contributed by atoms with E-state index in [2.05, 4.69) is 31.9 Å². The molecule has 174 valence electrons. The molecule has 5 nitrogen and oxygen atoms in total. The van der Waals surface area contributed by atoms with Crippen LogP contribution in [0.5, 0.6) is 11.5 Å². The minimum atomic E-state index is -0.304. The Labute approximate surface area is 219 Å². The van der Waals surface area contributed by atoms with Crippen molar-refractivity contribution >= 4 is 60.8 Å². The van der Waals surface area contributed by atoms with Gasteiger partial charge in [0.1, 0.15) is 6.61 Å². The highest BCUT2D eigenvalue weighted by Crippen LogP contribution is 2.39. The van der Waals surface area contributed by atoms with Crippen molar-refractivity contribution in [3.05, 3.63) is 96.8 Å². The fourth-order valence-electron chi connectivity index (χ4n) is 3.48. The van der Waals surface area contributed by atoms with E-state index in [4.69, 9.17) is 9.47 Å². The third-order valence-corrected chi connectivity index (χ3v) is 7.17. The quantitative estimate of drug-likeness (QED) is 0.265. The topological polar surface area (TPSA) is 55.8 Å². The number of ether oxygens (including phenoxy) is 2. The van der Waals surface area contributed by atoms with Gasteiger partial charge in [0.15, 0.2) is 11.5 Å². The van der Waals surface area contributed by atoms with Gasteiger partial charge in [-0.2, -0.15) is 0 Å². The first-order valence-electron chi connectivity index (χ1n) is 10.4. The second kappa shape index (κ2) is 10.8. The molecule has 1 fully saturated rings. The number of imide groups is 1. The van der Waals surface area contributed by atoms with Crippen molar-refractivity contribution < 1.29 is 19.1 Å². The van der Waals surface area contributed by atoms with Crippen LogP contribution in [0.1, 0.15) is 22.3 Å². The molecule has 1 saturated heterocycles. The second-order valence-corrected chi connectivity index (χ2v) is 10.5. The minimum Gasteiger partial charge on any atom is -0.493 e. The lowest BCUT2D eigenvalue weighted by molar-refractivity contribution is -0.123. The molecule has 4 rings (SSSR count). The number of halogens is 2. The Balaban J connectivity index is 1.53. The van der Waals surface area contributed by atoms with Crippen molar-refractivity contribution in [3.8, 4) is 11.5 Å². The fourth-order valence-corrected chi connectivity index (χ4v) is 5.16. The van der Waals surface area contributed by atoms with Gasteiger partial charge < -0.3 is 9.47 Å². The molecule has 0 aromatic heterocycles. The fraction of sp³-hybridized carbons (Fsp3) is 0.154. The summed E-state index contributed by atoms with van der Waals surface area (Å²) in [6.45, 7) is 2.60. The van der Waals surface area contributed by atoms with Crippen LogP contribution in [0.4, 0.5) is 4.79 Å². The summed E-state index contributed by atoms with van der Waals surface area (Å²) in [5.74, 6) is 0.786. The van der Waals surface area contributed by atoms with E-state index in [-0.39, 0.29) is 17.7 Å². The van der Waals surface area contributed by atoms with E-state index in [1.54, 1.807) is 19.3 Å². The Morgan fingerprint density at radius 3 is 2.47 bits per heavy atom. The molecule has 0 saturated carbocycles. The smallest absolute Gasteiger partial charge is 0.293 e. The molecule has 0 N–H and O–H groups in total. The molecule has 1 aliphatic heterocycles. The van der Waals surface area contributed by atoms with Gasteiger partial charge in [-0.05, 0) is 81.6 Å². The Kier molecular flexibility index (Phi) is 7.80. The number of benzene rings is 3. The van der Waals surface area contributed by atoms with E-state index in [1.807, 2.05) is 61.5 Å². The first-order chi connectivity index (χ1) is 16.3. The maximum atomic E-state index is 12.9. The van der Waals surface area contributed by atoms with Crippen LogP contribution in [0.15, 0.2) is 74.5 Å². The van der Waals surface area contributed by atoms with Gasteiger partial charge in [0.2, 0.25) is 0 Å².